The molecule has 1 aliphatic rings. The maximum absolute atomic E-state index is 12.4. The number of rotatable bonds is 4. The van der Waals surface area contributed by atoms with Gasteiger partial charge in [-0.2, -0.15) is 5.06 Å². The maximum Gasteiger partial charge on any atom is 0.264 e. The molecule has 1 heterocycles. The van der Waals surface area contributed by atoms with Gasteiger partial charge in [-0.05, 0) is 5.56 Å². The molecule has 0 radical (unpaired) electrons. The highest BCUT2D eigenvalue weighted by atomic mass is 16.7. The highest BCUT2D eigenvalue weighted by molar-refractivity contribution is 6.15. The largest absolute Gasteiger partial charge is 0.298 e. The lowest BCUT2D eigenvalue weighted by atomic mass is 9.79. The van der Waals surface area contributed by atoms with Crippen LogP contribution < -0.4 is 0 Å². The van der Waals surface area contributed by atoms with Crippen LogP contribution in [0.3, 0.4) is 0 Å². The van der Waals surface area contributed by atoms with Gasteiger partial charge < -0.3 is 0 Å². The predicted molar refractivity (Wildman–Crippen MR) is 80.2 cm³/mol. The van der Waals surface area contributed by atoms with E-state index in [2.05, 4.69) is 0 Å². The van der Waals surface area contributed by atoms with Gasteiger partial charge in [-0.15, -0.1) is 0 Å². The normalized spacial score (nSPS) is 22.3. The summed E-state index contributed by atoms with van der Waals surface area (Å²) in [5, 5.41) is 0.756. The Kier molecular flexibility index (Phi) is 4.47. The molecule has 22 heavy (non-hydrogen) atoms. The molecule has 1 aromatic carbocycles. The number of Topliss-reactive ketones (excluding diaryl/α,β-unsaturated/α-hetero) is 1. The van der Waals surface area contributed by atoms with Gasteiger partial charge in [-0.3, -0.25) is 19.2 Å². The van der Waals surface area contributed by atoms with Crippen molar-refractivity contribution >= 4 is 17.6 Å². The van der Waals surface area contributed by atoms with Gasteiger partial charge in [0.15, 0.2) is 5.78 Å². The van der Waals surface area contributed by atoms with Gasteiger partial charge in [-0.25, -0.2) is 0 Å². The van der Waals surface area contributed by atoms with Gasteiger partial charge in [0.1, 0.15) is 12.5 Å². The van der Waals surface area contributed by atoms with Crippen LogP contribution in [0.15, 0.2) is 30.3 Å². The molecule has 0 aromatic heterocycles. The molecule has 1 fully saturated rings. The number of hydroxylamine groups is 2. The Morgan fingerprint density at radius 1 is 1.14 bits per heavy atom. The molecular weight excluding hydrogens is 282 g/mol. The molecule has 2 amide bonds. The topological polar surface area (TPSA) is 63.7 Å². The van der Waals surface area contributed by atoms with E-state index in [1.165, 1.54) is 0 Å². The zero-order valence-electron chi connectivity index (χ0n) is 13.3. The van der Waals surface area contributed by atoms with E-state index in [1.807, 2.05) is 30.3 Å². The molecule has 2 rings (SSSR count). The summed E-state index contributed by atoms with van der Waals surface area (Å²) in [6.07, 6.45) is 0. The SMILES string of the molecule is C[C@@H]1C(=O)N(OCc2ccccc2)C(=O)[C@H]1C(=O)C(C)(C)C. The minimum atomic E-state index is -0.955. The van der Waals surface area contributed by atoms with Gasteiger partial charge in [0.25, 0.3) is 11.8 Å². The average Bonchev–Trinajstić information content (AvgIpc) is 2.67. The van der Waals surface area contributed by atoms with Crippen LogP contribution in [-0.4, -0.2) is 22.7 Å². The van der Waals surface area contributed by atoms with E-state index in [-0.39, 0.29) is 12.4 Å². The van der Waals surface area contributed by atoms with Gasteiger partial charge in [0, 0.05) is 5.41 Å². The van der Waals surface area contributed by atoms with Gasteiger partial charge in [0.05, 0.1) is 5.92 Å². The van der Waals surface area contributed by atoms with Crippen molar-refractivity contribution in [1.29, 1.82) is 0 Å². The summed E-state index contributed by atoms with van der Waals surface area (Å²) < 4.78 is 0. The van der Waals surface area contributed by atoms with Crippen LogP contribution in [-0.2, 0) is 25.8 Å². The van der Waals surface area contributed by atoms with Crippen LogP contribution in [0, 0.1) is 17.3 Å². The van der Waals surface area contributed by atoms with E-state index in [4.69, 9.17) is 4.84 Å². The molecule has 0 saturated carbocycles. The van der Waals surface area contributed by atoms with Gasteiger partial charge in [-0.1, -0.05) is 58.0 Å². The molecule has 0 N–H and O–H groups in total. The Morgan fingerprint density at radius 3 is 2.27 bits per heavy atom. The molecule has 0 bridgehead atoms. The first kappa shape index (κ1) is 16.4. The highest BCUT2D eigenvalue weighted by Gasteiger charge is 2.52. The van der Waals surface area contributed by atoms with Crippen molar-refractivity contribution in [3.8, 4) is 0 Å². The van der Waals surface area contributed by atoms with Gasteiger partial charge in [0.2, 0.25) is 0 Å². The molecule has 1 saturated heterocycles. The lowest BCUT2D eigenvalue weighted by Crippen LogP contribution is -2.36. The van der Waals surface area contributed by atoms with Crippen LogP contribution in [0.2, 0.25) is 0 Å². The minimum absolute atomic E-state index is 0.113. The fraction of sp³-hybridized carbons (Fsp3) is 0.471. The number of carbonyl (C=O) groups excluding carboxylic acids is 3. The summed E-state index contributed by atoms with van der Waals surface area (Å²) in [4.78, 5) is 42.4. The number of benzene rings is 1. The first-order valence-corrected chi connectivity index (χ1v) is 7.32. The molecular formula is C17H21NO4. The van der Waals surface area contributed by atoms with E-state index in [1.54, 1.807) is 27.7 Å². The third-order valence-electron chi connectivity index (χ3n) is 3.78. The van der Waals surface area contributed by atoms with Crippen molar-refractivity contribution in [1.82, 2.24) is 5.06 Å². The first-order chi connectivity index (χ1) is 10.2. The molecule has 0 unspecified atom stereocenters. The van der Waals surface area contributed by atoms with Crippen molar-refractivity contribution < 1.29 is 19.2 Å². The summed E-state index contributed by atoms with van der Waals surface area (Å²) >= 11 is 0. The highest BCUT2D eigenvalue weighted by Crippen LogP contribution is 2.33. The summed E-state index contributed by atoms with van der Waals surface area (Å²) in [5.74, 6) is -2.89. The third kappa shape index (κ3) is 3.09. The van der Waals surface area contributed by atoms with Crippen molar-refractivity contribution in [2.75, 3.05) is 0 Å². The zero-order chi connectivity index (χ0) is 16.5. The average molecular weight is 303 g/mol. The number of hydrogen-bond acceptors (Lipinski definition) is 4. The molecule has 5 heteroatoms. The standard InChI is InChI=1S/C17H21NO4/c1-11-13(14(19)17(2,3)4)16(21)18(15(11)20)22-10-12-8-6-5-7-9-12/h5-9,11,13H,10H2,1-4H3/t11-,13+/m0/s1. The van der Waals surface area contributed by atoms with Crippen molar-refractivity contribution in [3.05, 3.63) is 35.9 Å². The van der Waals surface area contributed by atoms with E-state index >= 15 is 0 Å². The third-order valence-corrected chi connectivity index (χ3v) is 3.78. The Morgan fingerprint density at radius 2 is 1.73 bits per heavy atom. The number of hydrogen-bond donors (Lipinski definition) is 0. The zero-order valence-corrected chi connectivity index (χ0v) is 13.3. The summed E-state index contributed by atoms with van der Waals surface area (Å²) in [7, 11) is 0. The summed E-state index contributed by atoms with van der Waals surface area (Å²) in [6.45, 7) is 6.94. The molecule has 2 atom stereocenters. The minimum Gasteiger partial charge on any atom is -0.298 e. The lowest BCUT2D eigenvalue weighted by Gasteiger charge is -2.21. The van der Waals surface area contributed by atoms with Crippen LogP contribution in [0.25, 0.3) is 0 Å². The first-order valence-electron chi connectivity index (χ1n) is 7.32. The Balaban J connectivity index is 2.12. The van der Waals surface area contributed by atoms with E-state index < -0.39 is 29.1 Å². The lowest BCUT2D eigenvalue weighted by molar-refractivity contribution is -0.193. The van der Waals surface area contributed by atoms with E-state index in [9.17, 15) is 14.4 Å². The summed E-state index contributed by atoms with van der Waals surface area (Å²) in [6, 6.07) is 9.25. The quantitative estimate of drug-likeness (QED) is 0.632. The van der Waals surface area contributed by atoms with E-state index in [0.29, 0.717) is 0 Å². The van der Waals surface area contributed by atoms with Crippen molar-refractivity contribution in [3.63, 3.8) is 0 Å². The molecule has 118 valence electrons. The number of nitrogens with zero attached hydrogens (tertiary/aromatic N) is 1. The second-order valence-electron chi connectivity index (χ2n) is 6.61. The number of carbonyl (C=O) groups is 3. The van der Waals surface area contributed by atoms with Gasteiger partial charge >= 0.3 is 0 Å². The van der Waals surface area contributed by atoms with Crippen LogP contribution in [0.1, 0.15) is 33.3 Å². The molecule has 1 aromatic rings. The van der Waals surface area contributed by atoms with Crippen LogP contribution in [0.4, 0.5) is 0 Å². The number of ketones is 1. The van der Waals surface area contributed by atoms with Crippen molar-refractivity contribution in [2.24, 2.45) is 17.3 Å². The molecule has 1 aliphatic heterocycles. The Bertz CT molecular complexity index is 588. The predicted octanol–water partition coefficient (Wildman–Crippen LogP) is 2.35. The number of amides is 2. The molecule has 0 aliphatic carbocycles. The fourth-order valence-corrected chi connectivity index (χ4v) is 2.42. The molecule has 0 spiro atoms. The monoisotopic (exact) mass is 303 g/mol. The van der Waals surface area contributed by atoms with Crippen LogP contribution in [0.5, 0.6) is 0 Å². The fourth-order valence-electron chi connectivity index (χ4n) is 2.42. The Hall–Kier alpha value is -2.01. The van der Waals surface area contributed by atoms with Crippen LogP contribution >= 0.6 is 0 Å². The summed E-state index contributed by atoms with van der Waals surface area (Å²) in [5.41, 5.74) is 0.172. The molecule has 5 nitrogen and oxygen atoms in total. The van der Waals surface area contributed by atoms with Crippen molar-refractivity contribution in [2.45, 2.75) is 34.3 Å². The van der Waals surface area contributed by atoms with E-state index in [0.717, 1.165) is 10.6 Å². The smallest absolute Gasteiger partial charge is 0.264 e. The second kappa shape index (κ2) is 6.01. The Labute approximate surface area is 130 Å². The maximum atomic E-state index is 12.4. The second-order valence-corrected chi connectivity index (χ2v) is 6.61. The number of imide groups is 1.